The molecule has 0 spiro atoms. The van der Waals surface area contributed by atoms with Crippen molar-refractivity contribution in [3.63, 3.8) is 0 Å². The van der Waals surface area contributed by atoms with E-state index in [1.165, 1.54) is 24.3 Å². The molecule has 0 saturated heterocycles. The first-order valence-electron chi connectivity index (χ1n) is 6.73. The van der Waals surface area contributed by atoms with Gasteiger partial charge in [-0.05, 0) is 58.8 Å². The molecule has 0 bridgehead atoms. The van der Waals surface area contributed by atoms with Crippen LogP contribution < -0.4 is 0 Å². The molecule has 0 fully saturated rings. The van der Waals surface area contributed by atoms with E-state index < -0.39 is 0 Å². The molecule has 0 N–H and O–H groups in total. The summed E-state index contributed by atoms with van der Waals surface area (Å²) < 4.78 is 31.0. The predicted octanol–water partition coefficient (Wildman–Crippen LogP) is 3.63. The Morgan fingerprint density at radius 1 is 0.609 bits per heavy atom. The largest absolute Gasteiger partial charge is 0.243 e. The monoisotopic (exact) mass is 310 g/mol. The number of fused-ring (bicyclic) bond motifs is 1. The highest BCUT2D eigenvalue weighted by Crippen LogP contribution is 2.30. The maximum Gasteiger partial charge on any atom is 0.243 e. The van der Waals surface area contributed by atoms with Gasteiger partial charge in [0.15, 0.2) is 0 Å². The number of rotatable bonds is 2. The Labute approximate surface area is 128 Å². The Kier molecular flexibility index (Phi) is 3.04. The minimum absolute atomic E-state index is 0.246. The third-order valence-corrected chi connectivity index (χ3v) is 3.35. The summed E-state index contributed by atoms with van der Waals surface area (Å²) >= 11 is 0. The molecule has 2 aromatic carbocycles. The Morgan fingerprint density at radius 2 is 1.00 bits per heavy atom. The van der Waals surface area contributed by atoms with E-state index in [1.54, 1.807) is 24.3 Å². The van der Waals surface area contributed by atoms with Gasteiger partial charge in [0.05, 0.1) is 11.4 Å². The summed E-state index contributed by atoms with van der Waals surface area (Å²) in [6.07, 6.45) is 0. The van der Waals surface area contributed by atoms with Crippen LogP contribution >= 0.6 is 0 Å². The number of benzene rings is 2. The first-order chi connectivity index (χ1) is 11.2. The fourth-order valence-electron chi connectivity index (χ4n) is 2.26. The van der Waals surface area contributed by atoms with E-state index in [1.807, 2.05) is 0 Å². The Bertz CT molecular complexity index is 902. The number of aromatic nitrogens is 4. The van der Waals surface area contributed by atoms with Crippen molar-refractivity contribution in [3.8, 4) is 22.5 Å². The zero-order chi connectivity index (χ0) is 15.8. The lowest BCUT2D eigenvalue weighted by Crippen LogP contribution is -1.95. The predicted molar refractivity (Wildman–Crippen MR) is 78.2 cm³/mol. The molecule has 7 heteroatoms. The van der Waals surface area contributed by atoms with Crippen molar-refractivity contribution < 1.29 is 13.4 Å². The van der Waals surface area contributed by atoms with Crippen LogP contribution in [0.15, 0.2) is 53.2 Å². The first kappa shape index (κ1) is 13.4. The molecule has 0 aliphatic carbocycles. The quantitative estimate of drug-likeness (QED) is 0.566. The van der Waals surface area contributed by atoms with Crippen LogP contribution in [0.25, 0.3) is 33.8 Å². The van der Waals surface area contributed by atoms with Crippen molar-refractivity contribution in [2.75, 3.05) is 0 Å². The number of hydrogen-bond acceptors (Lipinski definition) is 5. The van der Waals surface area contributed by atoms with Crippen LogP contribution in [0.3, 0.4) is 0 Å². The summed E-state index contributed by atoms with van der Waals surface area (Å²) in [7, 11) is 0. The number of hydrogen-bond donors (Lipinski definition) is 0. The average molecular weight is 310 g/mol. The van der Waals surface area contributed by atoms with Crippen LogP contribution in [-0.2, 0) is 0 Å². The molecule has 0 aliphatic heterocycles. The van der Waals surface area contributed by atoms with Gasteiger partial charge in [-0.1, -0.05) is 0 Å². The molecule has 112 valence electrons. The molecular formula is C16H8F2N4O. The Hall–Kier alpha value is -3.22. The van der Waals surface area contributed by atoms with E-state index in [4.69, 9.17) is 0 Å². The minimum Gasteiger partial charge on any atom is -0.240 e. The molecule has 0 radical (unpaired) electrons. The van der Waals surface area contributed by atoms with Gasteiger partial charge in [0.2, 0.25) is 11.3 Å². The number of nitrogens with zero attached hydrogens (tertiary/aromatic N) is 4. The highest BCUT2D eigenvalue weighted by molar-refractivity contribution is 5.82. The summed E-state index contributed by atoms with van der Waals surface area (Å²) in [4.78, 5) is 8.78. The van der Waals surface area contributed by atoms with Crippen LogP contribution in [0, 0.1) is 11.6 Å². The Balaban J connectivity index is 1.98. The van der Waals surface area contributed by atoms with E-state index in [-0.39, 0.29) is 22.9 Å². The molecule has 0 amide bonds. The smallest absolute Gasteiger partial charge is 0.240 e. The molecule has 4 aromatic rings. The molecular weight excluding hydrogens is 302 g/mol. The second kappa shape index (κ2) is 5.20. The molecule has 4 rings (SSSR count). The average Bonchev–Trinajstić information content (AvgIpc) is 3.03. The second-order valence-corrected chi connectivity index (χ2v) is 4.85. The van der Waals surface area contributed by atoms with Crippen LogP contribution in [0.4, 0.5) is 8.78 Å². The molecule has 2 heterocycles. The molecule has 0 aliphatic rings. The van der Waals surface area contributed by atoms with Crippen molar-refractivity contribution in [2.45, 2.75) is 0 Å². The molecule has 0 atom stereocenters. The maximum atomic E-state index is 13.2. The van der Waals surface area contributed by atoms with Crippen LogP contribution in [-0.4, -0.2) is 20.3 Å². The molecule has 2 aromatic heterocycles. The highest BCUT2D eigenvalue weighted by atomic mass is 19.1. The van der Waals surface area contributed by atoms with Crippen molar-refractivity contribution in [3.05, 3.63) is 60.2 Å². The van der Waals surface area contributed by atoms with E-state index >= 15 is 0 Å². The Morgan fingerprint density at radius 3 is 1.39 bits per heavy atom. The molecule has 23 heavy (non-hydrogen) atoms. The van der Waals surface area contributed by atoms with Gasteiger partial charge in [0, 0.05) is 11.1 Å². The summed E-state index contributed by atoms with van der Waals surface area (Å²) in [5, 5.41) is 7.36. The van der Waals surface area contributed by atoms with Crippen molar-refractivity contribution >= 4 is 11.3 Å². The highest BCUT2D eigenvalue weighted by Gasteiger charge is 2.16. The third-order valence-electron chi connectivity index (χ3n) is 3.35. The lowest BCUT2D eigenvalue weighted by Gasteiger charge is -2.08. The second-order valence-electron chi connectivity index (χ2n) is 4.85. The van der Waals surface area contributed by atoms with Crippen LogP contribution in [0.5, 0.6) is 0 Å². The van der Waals surface area contributed by atoms with Gasteiger partial charge in [-0.15, -0.1) is 0 Å². The van der Waals surface area contributed by atoms with Gasteiger partial charge < -0.3 is 0 Å². The normalized spacial score (nSPS) is 11.0. The fourth-order valence-corrected chi connectivity index (χ4v) is 2.26. The zero-order valence-electron chi connectivity index (χ0n) is 11.6. The topological polar surface area (TPSA) is 64.7 Å². The number of halogens is 2. The van der Waals surface area contributed by atoms with Crippen LogP contribution in [0.1, 0.15) is 0 Å². The van der Waals surface area contributed by atoms with Crippen LogP contribution in [0.2, 0.25) is 0 Å². The van der Waals surface area contributed by atoms with Crippen molar-refractivity contribution in [1.29, 1.82) is 0 Å². The lowest BCUT2D eigenvalue weighted by molar-refractivity contribution is 0.314. The van der Waals surface area contributed by atoms with E-state index in [0.717, 1.165) is 0 Å². The summed E-state index contributed by atoms with van der Waals surface area (Å²) in [5.74, 6) is -0.705. The van der Waals surface area contributed by atoms with Crippen molar-refractivity contribution in [1.82, 2.24) is 20.3 Å². The summed E-state index contributed by atoms with van der Waals surface area (Å²) in [5.41, 5.74) is 2.77. The first-order valence-corrected chi connectivity index (χ1v) is 6.73. The van der Waals surface area contributed by atoms with Gasteiger partial charge in [0.1, 0.15) is 11.6 Å². The standard InChI is InChI=1S/C16H8F2N4O/c17-11-5-1-9(2-6-11)13-14(10-3-7-12(18)8-4-10)20-16-15(19-13)21-23-22-16/h1-8H. The van der Waals surface area contributed by atoms with Crippen molar-refractivity contribution in [2.24, 2.45) is 0 Å². The summed E-state index contributed by atoms with van der Waals surface area (Å²) in [6, 6.07) is 11.7. The van der Waals surface area contributed by atoms with Gasteiger partial charge in [-0.3, -0.25) is 0 Å². The molecule has 5 nitrogen and oxygen atoms in total. The fraction of sp³-hybridized carbons (Fsp3) is 0. The van der Waals surface area contributed by atoms with E-state index in [2.05, 4.69) is 24.9 Å². The van der Waals surface area contributed by atoms with Gasteiger partial charge >= 0.3 is 0 Å². The molecule has 0 unspecified atom stereocenters. The lowest BCUT2D eigenvalue weighted by atomic mass is 10.0. The van der Waals surface area contributed by atoms with Gasteiger partial charge in [-0.25, -0.2) is 23.4 Å². The molecule has 0 saturated carbocycles. The SMILES string of the molecule is Fc1ccc(-c2nc3nonc3nc2-c2ccc(F)cc2)cc1. The minimum atomic E-state index is -0.353. The van der Waals surface area contributed by atoms with E-state index in [9.17, 15) is 8.78 Å². The maximum absolute atomic E-state index is 13.2. The van der Waals surface area contributed by atoms with Gasteiger partial charge in [-0.2, -0.15) is 0 Å². The summed E-state index contributed by atoms with van der Waals surface area (Å²) in [6.45, 7) is 0. The zero-order valence-corrected chi connectivity index (χ0v) is 11.6. The third kappa shape index (κ3) is 2.42. The van der Waals surface area contributed by atoms with E-state index in [0.29, 0.717) is 22.5 Å². The van der Waals surface area contributed by atoms with Gasteiger partial charge in [0.25, 0.3) is 0 Å².